The van der Waals surface area contributed by atoms with Gasteiger partial charge in [0.15, 0.2) is 0 Å². The number of imidazole rings is 1. The molecule has 1 atom stereocenters. The predicted molar refractivity (Wildman–Crippen MR) is 98.3 cm³/mol. The first-order chi connectivity index (χ1) is 12.7. The molecule has 7 heteroatoms. The highest BCUT2D eigenvalue weighted by Crippen LogP contribution is 2.27. The van der Waals surface area contributed by atoms with E-state index in [9.17, 15) is 4.79 Å². The quantitative estimate of drug-likeness (QED) is 0.673. The number of ether oxygens (including phenoxy) is 2. The predicted octanol–water partition coefficient (Wildman–Crippen LogP) is 3.23. The third kappa shape index (κ3) is 5.23. The number of aromatic nitrogens is 2. The molecule has 0 bridgehead atoms. The van der Waals surface area contributed by atoms with Gasteiger partial charge in [-0.2, -0.15) is 4.98 Å². The summed E-state index contributed by atoms with van der Waals surface area (Å²) in [5, 5.41) is 6.25. The van der Waals surface area contributed by atoms with E-state index in [-0.39, 0.29) is 6.04 Å². The van der Waals surface area contributed by atoms with E-state index in [1.165, 1.54) is 20.0 Å². The van der Waals surface area contributed by atoms with Crippen molar-refractivity contribution in [2.24, 2.45) is 0 Å². The van der Waals surface area contributed by atoms with Crippen molar-refractivity contribution in [3.05, 3.63) is 42.2 Å². The van der Waals surface area contributed by atoms with Crippen LogP contribution in [-0.4, -0.2) is 35.3 Å². The SMILES string of the molecule is COC(=O)NCCCn1cc([C@@H](C)NC2CC2)nc1Oc1ccccc1. The highest BCUT2D eigenvalue weighted by atomic mass is 16.5. The van der Waals surface area contributed by atoms with Crippen molar-refractivity contribution in [1.29, 1.82) is 0 Å². The van der Waals surface area contributed by atoms with Crippen LogP contribution in [-0.2, 0) is 11.3 Å². The molecule has 1 saturated carbocycles. The molecule has 1 fully saturated rings. The van der Waals surface area contributed by atoms with E-state index in [1.54, 1.807) is 0 Å². The second-order valence-corrected chi connectivity index (χ2v) is 6.49. The summed E-state index contributed by atoms with van der Waals surface area (Å²) in [6.07, 6.45) is 4.82. The molecule has 1 aliphatic carbocycles. The van der Waals surface area contributed by atoms with Gasteiger partial charge in [-0.15, -0.1) is 0 Å². The summed E-state index contributed by atoms with van der Waals surface area (Å²) in [4.78, 5) is 15.8. The largest absolute Gasteiger partial charge is 0.453 e. The van der Waals surface area contributed by atoms with E-state index in [0.29, 0.717) is 25.1 Å². The van der Waals surface area contributed by atoms with Crippen LogP contribution in [0.1, 0.15) is 37.9 Å². The fraction of sp³-hybridized carbons (Fsp3) is 0.474. The minimum atomic E-state index is -0.417. The Morgan fingerprint density at radius 3 is 2.81 bits per heavy atom. The zero-order chi connectivity index (χ0) is 18.4. The fourth-order valence-electron chi connectivity index (χ4n) is 2.66. The van der Waals surface area contributed by atoms with E-state index in [1.807, 2.05) is 41.1 Å². The van der Waals surface area contributed by atoms with Gasteiger partial charge in [0, 0.05) is 31.4 Å². The van der Waals surface area contributed by atoms with E-state index < -0.39 is 6.09 Å². The lowest BCUT2D eigenvalue weighted by atomic mass is 10.2. The van der Waals surface area contributed by atoms with Gasteiger partial charge < -0.3 is 24.7 Å². The molecule has 1 aromatic heterocycles. The summed E-state index contributed by atoms with van der Waals surface area (Å²) < 4.78 is 12.5. The Hall–Kier alpha value is -2.54. The van der Waals surface area contributed by atoms with E-state index in [2.05, 4.69) is 27.3 Å². The molecule has 2 aromatic rings. The average molecular weight is 358 g/mol. The molecule has 1 amide bonds. The fourth-order valence-corrected chi connectivity index (χ4v) is 2.66. The highest BCUT2D eigenvalue weighted by molar-refractivity contribution is 5.66. The third-order valence-corrected chi connectivity index (χ3v) is 4.25. The number of carbonyl (C=O) groups excluding carboxylic acids is 1. The van der Waals surface area contributed by atoms with Gasteiger partial charge in [-0.25, -0.2) is 4.79 Å². The summed E-state index contributed by atoms with van der Waals surface area (Å²) >= 11 is 0. The van der Waals surface area contributed by atoms with Crippen LogP contribution in [0.2, 0.25) is 0 Å². The zero-order valence-electron chi connectivity index (χ0n) is 15.3. The van der Waals surface area contributed by atoms with Crippen LogP contribution in [0.3, 0.4) is 0 Å². The van der Waals surface area contributed by atoms with Crippen molar-refractivity contribution in [3.8, 4) is 11.8 Å². The maximum absolute atomic E-state index is 11.1. The molecule has 3 rings (SSSR count). The number of carbonyl (C=O) groups is 1. The Bertz CT molecular complexity index is 713. The van der Waals surface area contributed by atoms with Gasteiger partial charge in [0.05, 0.1) is 12.8 Å². The smallest absolute Gasteiger partial charge is 0.406 e. The summed E-state index contributed by atoms with van der Waals surface area (Å²) in [6.45, 7) is 3.34. The number of alkyl carbamates (subject to hydrolysis) is 1. The Morgan fingerprint density at radius 2 is 2.12 bits per heavy atom. The average Bonchev–Trinajstić information content (AvgIpc) is 3.38. The number of para-hydroxylation sites is 1. The van der Waals surface area contributed by atoms with Crippen LogP contribution in [0.15, 0.2) is 36.5 Å². The number of methoxy groups -OCH3 is 1. The minimum Gasteiger partial charge on any atom is -0.453 e. The summed E-state index contributed by atoms with van der Waals surface area (Å²) in [5.74, 6) is 0.751. The first-order valence-corrected chi connectivity index (χ1v) is 9.03. The number of hydrogen-bond donors (Lipinski definition) is 2. The van der Waals surface area contributed by atoms with Crippen LogP contribution >= 0.6 is 0 Å². The van der Waals surface area contributed by atoms with Gasteiger partial charge >= 0.3 is 12.1 Å². The van der Waals surface area contributed by atoms with Crippen molar-refractivity contribution in [1.82, 2.24) is 20.2 Å². The maximum Gasteiger partial charge on any atom is 0.406 e. The topological polar surface area (TPSA) is 77.4 Å². The molecule has 0 aliphatic heterocycles. The lowest BCUT2D eigenvalue weighted by Crippen LogP contribution is -2.24. The van der Waals surface area contributed by atoms with Gasteiger partial charge in [0.2, 0.25) is 0 Å². The molecule has 1 aromatic carbocycles. The Labute approximate surface area is 153 Å². The van der Waals surface area contributed by atoms with Crippen LogP contribution in [0, 0.1) is 0 Å². The molecule has 0 radical (unpaired) electrons. The Kier molecular flexibility index (Phi) is 6.12. The van der Waals surface area contributed by atoms with Crippen LogP contribution < -0.4 is 15.4 Å². The van der Waals surface area contributed by atoms with Crippen molar-refractivity contribution >= 4 is 6.09 Å². The van der Waals surface area contributed by atoms with E-state index >= 15 is 0 Å². The lowest BCUT2D eigenvalue weighted by Gasteiger charge is -2.09. The number of amides is 1. The van der Waals surface area contributed by atoms with Gasteiger partial charge in [-0.05, 0) is 38.3 Å². The monoisotopic (exact) mass is 358 g/mol. The van der Waals surface area contributed by atoms with E-state index in [4.69, 9.17) is 4.74 Å². The van der Waals surface area contributed by atoms with E-state index in [0.717, 1.165) is 17.9 Å². The van der Waals surface area contributed by atoms with Crippen LogP contribution in [0.25, 0.3) is 0 Å². The van der Waals surface area contributed by atoms with Crippen LogP contribution in [0.4, 0.5) is 4.79 Å². The number of nitrogens with zero attached hydrogens (tertiary/aromatic N) is 2. The molecule has 1 heterocycles. The van der Waals surface area contributed by atoms with Gasteiger partial charge in [-0.3, -0.25) is 0 Å². The number of benzene rings is 1. The zero-order valence-corrected chi connectivity index (χ0v) is 15.3. The highest BCUT2D eigenvalue weighted by Gasteiger charge is 2.25. The second kappa shape index (κ2) is 8.71. The molecule has 0 spiro atoms. The summed E-state index contributed by atoms with van der Waals surface area (Å²) in [5.41, 5.74) is 0.962. The third-order valence-electron chi connectivity index (χ3n) is 4.25. The molecule has 1 aliphatic rings. The maximum atomic E-state index is 11.1. The van der Waals surface area contributed by atoms with Crippen molar-refractivity contribution in [2.75, 3.05) is 13.7 Å². The van der Waals surface area contributed by atoms with Gasteiger partial charge in [0.25, 0.3) is 0 Å². The molecule has 2 N–H and O–H groups in total. The second-order valence-electron chi connectivity index (χ2n) is 6.49. The summed E-state index contributed by atoms with van der Waals surface area (Å²) in [6, 6.07) is 11.0. The molecule has 7 nitrogen and oxygen atoms in total. The number of aryl methyl sites for hydroxylation is 1. The van der Waals surface area contributed by atoms with Crippen molar-refractivity contribution in [3.63, 3.8) is 0 Å². The molecule has 140 valence electrons. The summed E-state index contributed by atoms with van der Waals surface area (Å²) in [7, 11) is 1.36. The van der Waals surface area contributed by atoms with Crippen molar-refractivity contribution < 1.29 is 14.3 Å². The first kappa shape index (κ1) is 18.3. The number of nitrogens with one attached hydrogen (secondary N) is 2. The lowest BCUT2D eigenvalue weighted by molar-refractivity contribution is 0.171. The molecule has 0 unspecified atom stereocenters. The number of rotatable bonds is 9. The van der Waals surface area contributed by atoms with Crippen molar-refractivity contribution in [2.45, 2.75) is 44.8 Å². The minimum absolute atomic E-state index is 0.176. The Morgan fingerprint density at radius 1 is 1.35 bits per heavy atom. The first-order valence-electron chi connectivity index (χ1n) is 9.03. The van der Waals surface area contributed by atoms with Gasteiger partial charge in [0.1, 0.15) is 5.75 Å². The molecular formula is C19H26N4O3. The molecule has 26 heavy (non-hydrogen) atoms. The molecule has 0 saturated heterocycles. The van der Waals surface area contributed by atoms with Crippen LogP contribution in [0.5, 0.6) is 11.8 Å². The van der Waals surface area contributed by atoms with Gasteiger partial charge in [-0.1, -0.05) is 18.2 Å². The Balaban J connectivity index is 1.67. The standard InChI is InChI=1S/C19H26N4O3/c1-14(21-15-9-10-15)17-13-23(12-6-11-20-19(24)25-2)18(22-17)26-16-7-4-3-5-8-16/h3-5,7-8,13-15,21H,6,9-12H2,1-2H3,(H,20,24)/t14-/m1/s1. The number of hydrogen-bond acceptors (Lipinski definition) is 5. The normalized spacial score (nSPS) is 14.7. The molecular weight excluding hydrogens is 332 g/mol.